The van der Waals surface area contributed by atoms with Crippen molar-refractivity contribution in [3.63, 3.8) is 0 Å². The van der Waals surface area contributed by atoms with Crippen LogP contribution in [0.5, 0.6) is 5.75 Å². The highest BCUT2D eigenvalue weighted by molar-refractivity contribution is 5.85. The first-order valence-corrected chi connectivity index (χ1v) is 6.89. The summed E-state index contributed by atoms with van der Waals surface area (Å²) in [6, 6.07) is 9.24. The molecule has 1 aromatic heterocycles. The maximum Gasteiger partial charge on any atom is 0.223 e. The third-order valence-corrected chi connectivity index (χ3v) is 3.35. The lowest BCUT2D eigenvalue weighted by atomic mass is 10.2. The highest BCUT2D eigenvalue weighted by atomic mass is 35.5. The van der Waals surface area contributed by atoms with Crippen LogP contribution in [0.15, 0.2) is 41.3 Å². The monoisotopic (exact) mass is 323 g/mol. The predicted octanol–water partition coefficient (Wildman–Crippen LogP) is 2.25. The van der Waals surface area contributed by atoms with Crippen molar-refractivity contribution >= 4 is 18.1 Å². The van der Waals surface area contributed by atoms with Crippen molar-refractivity contribution in [3.8, 4) is 11.4 Å². The molecule has 0 aliphatic heterocycles. The first-order valence-electron chi connectivity index (χ1n) is 6.89. The summed E-state index contributed by atoms with van der Waals surface area (Å²) in [4.78, 5) is 13.5. The van der Waals surface area contributed by atoms with E-state index in [0.29, 0.717) is 5.69 Å². The van der Waals surface area contributed by atoms with Gasteiger partial charge in [0.1, 0.15) is 0 Å². The molecule has 2 aromatic rings. The Bertz CT molecular complexity index is 666. The Balaban J connectivity index is 0.00000242. The number of nitrogens with one attached hydrogen (secondary N) is 1. The van der Waals surface area contributed by atoms with Crippen molar-refractivity contribution in [1.82, 2.24) is 9.47 Å². The summed E-state index contributed by atoms with van der Waals surface area (Å²) in [6.07, 6.45) is 1.67. The number of aromatic hydroxyl groups is 1. The molecule has 1 aromatic carbocycles. The van der Waals surface area contributed by atoms with Crippen LogP contribution < -0.4 is 10.7 Å². The highest BCUT2D eigenvalue weighted by Crippen LogP contribution is 2.18. The number of likely N-dealkylation sites (N-methyl/N-ethyl adjacent to an activating group) is 1. The minimum absolute atomic E-state index is 0. The molecule has 0 radical (unpaired) electrons. The van der Waals surface area contributed by atoms with Crippen LogP contribution in [0.1, 0.15) is 5.69 Å². The van der Waals surface area contributed by atoms with Crippen LogP contribution in [0.25, 0.3) is 5.69 Å². The molecule has 0 fully saturated rings. The Kier molecular flexibility index (Phi) is 6.46. The van der Waals surface area contributed by atoms with Crippen molar-refractivity contribution in [3.05, 3.63) is 52.4 Å². The van der Waals surface area contributed by atoms with Crippen molar-refractivity contribution in [2.75, 3.05) is 32.5 Å². The molecule has 0 spiro atoms. The fourth-order valence-corrected chi connectivity index (χ4v) is 2.07. The second-order valence-corrected chi connectivity index (χ2v) is 5.26. The third kappa shape index (κ3) is 4.26. The zero-order valence-corrected chi connectivity index (χ0v) is 13.9. The number of pyridine rings is 1. The van der Waals surface area contributed by atoms with Gasteiger partial charge in [0.25, 0.3) is 0 Å². The van der Waals surface area contributed by atoms with Gasteiger partial charge in [-0.1, -0.05) is 0 Å². The summed E-state index contributed by atoms with van der Waals surface area (Å²) in [5, 5.41) is 13.1. The molecule has 0 atom stereocenters. The van der Waals surface area contributed by atoms with E-state index in [4.69, 9.17) is 0 Å². The van der Waals surface area contributed by atoms with Gasteiger partial charge in [0, 0.05) is 36.7 Å². The molecule has 22 heavy (non-hydrogen) atoms. The van der Waals surface area contributed by atoms with E-state index in [0.717, 1.165) is 24.5 Å². The summed E-state index contributed by atoms with van der Waals surface area (Å²) in [6.45, 7) is 3.57. The fraction of sp³-hybridized carbons (Fsp3) is 0.312. The molecular weight excluding hydrogens is 302 g/mol. The van der Waals surface area contributed by atoms with E-state index in [2.05, 4.69) is 10.2 Å². The molecule has 5 nitrogen and oxygen atoms in total. The molecule has 0 amide bonds. The van der Waals surface area contributed by atoms with E-state index >= 15 is 0 Å². The molecule has 0 unspecified atom stereocenters. The van der Waals surface area contributed by atoms with Gasteiger partial charge >= 0.3 is 0 Å². The quantitative estimate of drug-likeness (QED) is 0.886. The highest BCUT2D eigenvalue weighted by Gasteiger charge is 2.06. The molecule has 2 N–H and O–H groups in total. The van der Waals surface area contributed by atoms with E-state index in [1.165, 1.54) is 6.07 Å². The van der Waals surface area contributed by atoms with Crippen LogP contribution in [0.2, 0.25) is 0 Å². The second-order valence-electron chi connectivity index (χ2n) is 5.26. The van der Waals surface area contributed by atoms with E-state index < -0.39 is 0 Å². The minimum atomic E-state index is -0.356. The van der Waals surface area contributed by atoms with Crippen LogP contribution in [0, 0.1) is 6.92 Å². The summed E-state index contributed by atoms with van der Waals surface area (Å²) in [7, 11) is 4.08. The first-order chi connectivity index (χ1) is 9.99. The average molecular weight is 324 g/mol. The summed E-state index contributed by atoms with van der Waals surface area (Å²) in [5.41, 5.74) is 2.13. The van der Waals surface area contributed by atoms with E-state index in [1.54, 1.807) is 17.7 Å². The van der Waals surface area contributed by atoms with Gasteiger partial charge in [-0.25, -0.2) is 0 Å². The van der Waals surface area contributed by atoms with Crippen molar-refractivity contribution in [2.24, 2.45) is 0 Å². The second kappa shape index (κ2) is 7.87. The van der Waals surface area contributed by atoms with Gasteiger partial charge in [0.05, 0.1) is 5.69 Å². The zero-order chi connectivity index (χ0) is 15.4. The van der Waals surface area contributed by atoms with Gasteiger partial charge in [-0.3, -0.25) is 4.79 Å². The molecule has 6 heteroatoms. The number of halogens is 1. The summed E-state index contributed by atoms with van der Waals surface area (Å²) in [5.74, 6) is -0.203. The smallest absolute Gasteiger partial charge is 0.223 e. The Labute approximate surface area is 136 Å². The molecule has 1 heterocycles. The molecule has 0 aliphatic carbocycles. The van der Waals surface area contributed by atoms with Crippen LogP contribution in [0.3, 0.4) is 0 Å². The first kappa shape index (κ1) is 18.1. The third-order valence-electron chi connectivity index (χ3n) is 3.35. The van der Waals surface area contributed by atoms with Crippen molar-refractivity contribution in [1.29, 1.82) is 0 Å². The van der Waals surface area contributed by atoms with Gasteiger partial charge in [-0.05, 0) is 45.3 Å². The van der Waals surface area contributed by atoms with E-state index in [-0.39, 0.29) is 23.6 Å². The standard InChI is InChI=1S/C16H21N3O2.ClH/c1-12-16(21)15(20)8-10-19(12)14-6-4-13(5-7-14)17-9-11-18(2)3;/h4-8,10,17,21H,9,11H2,1-3H3;1H. The van der Waals surface area contributed by atoms with Crippen molar-refractivity contribution in [2.45, 2.75) is 6.92 Å². The lowest BCUT2D eigenvalue weighted by Gasteiger charge is -2.14. The Morgan fingerprint density at radius 3 is 2.41 bits per heavy atom. The van der Waals surface area contributed by atoms with Gasteiger partial charge in [-0.2, -0.15) is 0 Å². The van der Waals surface area contributed by atoms with Gasteiger partial charge in [-0.15, -0.1) is 12.4 Å². The van der Waals surface area contributed by atoms with Crippen LogP contribution in [-0.2, 0) is 0 Å². The lowest BCUT2D eigenvalue weighted by molar-refractivity contribution is 0.425. The number of anilines is 1. The number of hydrogen-bond donors (Lipinski definition) is 2. The molecule has 0 bridgehead atoms. The number of benzene rings is 1. The van der Waals surface area contributed by atoms with Crippen LogP contribution in [-0.4, -0.2) is 41.8 Å². The molecular formula is C16H22ClN3O2. The van der Waals surface area contributed by atoms with Gasteiger partial charge in [0.15, 0.2) is 5.75 Å². The maximum absolute atomic E-state index is 11.4. The maximum atomic E-state index is 11.4. The van der Waals surface area contributed by atoms with Crippen LogP contribution >= 0.6 is 12.4 Å². The number of aromatic nitrogens is 1. The number of hydrogen-bond acceptors (Lipinski definition) is 4. The van der Waals surface area contributed by atoms with E-state index in [9.17, 15) is 9.90 Å². The normalized spacial score (nSPS) is 10.4. The molecule has 0 aliphatic rings. The summed E-state index contributed by atoms with van der Waals surface area (Å²) < 4.78 is 1.79. The SMILES string of the molecule is Cc1c(O)c(=O)ccn1-c1ccc(NCCN(C)C)cc1.Cl. The lowest BCUT2D eigenvalue weighted by Crippen LogP contribution is -2.20. The Hall–Kier alpha value is -1.98. The Morgan fingerprint density at radius 2 is 1.82 bits per heavy atom. The largest absolute Gasteiger partial charge is 0.503 e. The Morgan fingerprint density at radius 1 is 1.18 bits per heavy atom. The minimum Gasteiger partial charge on any atom is -0.503 e. The number of rotatable bonds is 5. The molecule has 2 rings (SSSR count). The molecule has 120 valence electrons. The topological polar surface area (TPSA) is 57.5 Å². The van der Waals surface area contributed by atoms with Crippen molar-refractivity contribution < 1.29 is 5.11 Å². The van der Waals surface area contributed by atoms with Crippen LogP contribution in [0.4, 0.5) is 5.69 Å². The van der Waals surface area contributed by atoms with Gasteiger partial charge in [0.2, 0.25) is 5.43 Å². The van der Waals surface area contributed by atoms with Gasteiger partial charge < -0.3 is 19.9 Å². The van der Waals surface area contributed by atoms with E-state index in [1.807, 2.05) is 38.4 Å². The molecule has 0 saturated carbocycles. The number of nitrogens with zero attached hydrogens (tertiary/aromatic N) is 2. The molecule has 0 saturated heterocycles. The predicted molar refractivity (Wildman–Crippen MR) is 92.7 cm³/mol. The average Bonchev–Trinajstić information content (AvgIpc) is 2.46. The zero-order valence-electron chi connectivity index (χ0n) is 13.0. The summed E-state index contributed by atoms with van der Waals surface area (Å²) >= 11 is 0. The fourth-order valence-electron chi connectivity index (χ4n) is 2.07.